The van der Waals surface area contributed by atoms with Crippen molar-refractivity contribution in [1.82, 2.24) is 69.3 Å². The molecule has 380 valence electrons. The summed E-state index contributed by atoms with van der Waals surface area (Å²) < 4.78 is 61.0. The maximum absolute atomic E-state index is 14.7. The Kier molecular flexibility index (Phi) is 15.2. The molecule has 10 rings (SSSR count). The summed E-state index contributed by atoms with van der Waals surface area (Å²) in [5, 5.41) is 24.0. The van der Waals surface area contributed by atoms with Crippen molar-refractivity contribution < 1.29 is 17.6 Å². The van der Waals surface area contributed by atoms with E-state index in [1.807, 2.05) is 0 Å². The lowest BCUT2D eigenvalue weighted by molar-refractivity contribution is 0.0498. The molecule has 4 aromatic heterocycles. The largest absolute Gasteiger partial charge is 0.396 e. The Balaban J connectivity index is 0.000000158. The Morgan fingerprint density at radius 3 is 1.66 bits per heavy atom. The Bertz CT molecular complexity index is 3040. The van der Waals surface area contributed by atoms with Crippen molar-refractivity contribution >= 4 is 72.4 Å². The predicted molar refractivity (Wildman–Crippen MR) is 266 cm³/mol. The van der Waals surface area contributed by atoms with Gasteiger partial charge >= 0.3 is 11.4 Å². The van der Waals surface area contributed by atoms with E-state index in [-0.39, 0.29) is 63.1 Å². The number of aromatic nitrogens is 12. The number of nitrogens with two attached hydrogens (primary N) is 1. The van der Waals surface area contributed by atoms with E-state index in [0.717, 1.165) is 69.8 Å². The number of nitrogen functional groups attached to an aromatic ring is 1. The minimum Gasteiger partial charge on any atom is -0.396 e. The number of hydrogen-bond donors (Lipinski definition) is 4. The highest BCUT2D eigenvalue weighted by Gasteiger charge is 2.44. The monoisotopic (exact) mass is 1130 g/mol. The summed E-state index contributed by atoms with van der Waals surface area (Å²) in [5.74, 6) is -1.89. The van der Waals surface area contributed by atoms with E-state index in [9.17, 15) is 27.2 Å². The lowest BCUT2D eigenvalue weighted by Crippen LogP contribution is -2.55. The number of anilines is 5. The van der Waals surface area contributed by atoms with Crippen molar-refractivity contribution in [2.45, 2.75) is 114 Å². The second-order valence-electron chi connectivity index (χ2n) is 19.2. The number of tetrazole rings is 2. The van der Waals surface area contributed by atoms with Crippen LogP contribution >= 0.6 is 43.5 Å². The van der Waals surface area contributed by atoms with Crippen LogP contribution in [0.25, 0.3) is 11.4 Å². The summed E-state index contributed by atoms with van der Waals surface area (Å²) in [6, 6.07) is 6.41. The summed E-state index contributed by atoms with van der Waals surface area (Å²) in [7, 11) is 2.92. The van der Waals surface area contributed by atoms with Crippen LogP contribution in [0.15, 0.2) is 55.2 Å². The first-order chi connectivity index (χ1) is 33.6. The summed E-state index contributed by atoms with van der Waals surface area (Å²) in [5.41, 5.74) is 5.20. The van der Waals surface area contributed by atoms with Crippen LogP contribution < -0.4 is 33.1 Å². The summed E-state index contributed by atoms with van der Waals surface area (Å²) in [6.45, 7) is 11.3. The van der Waals surface area contributed by atoms with Gasteiger partial charge in [-0.25, -0.2) is 37.1 Å². The number of piperidine rings is 2. The highest BCUT2D eigenvalue weighted by molar-refractivity contribution is 9.11. The molecular formula is C44H53Br2ClF4N18O2. The number of fused-ring (bicyclic) bond motifs is 2. The van der Waals surface area contributed by atoms with Gasteiger partial charge in [-0.05, 0) is 181 Å². The first kappa shape index (κ1) is 51.8. The fraction of sp³-hybridized carbons (Fsp3) is 0.500. The van der Waals surface area contributed by atoms with Crippen molar-refractivity contribution in [2.75, 3.05) is 34.8 Å². The van der Waals surface area contributed by atoms with Gasteiger partial charge in [0.1, 0.15) is 11.6 Å². The smallest absolute Gasteiger partial charge is 0.368 e. The van der Waals surface area contributed by atoms with Crippen molar-refractivity contribution in [3.63, 3.8) is 0 Å². The van der Waals surface area contributed by atoms with Crippen molar-refractivity contribution in [3.05, 3.63) is 95.1 Å². The zero-order chi connectivity index (χ0) is 51.1. The average molecular weight is 1140 g/mol. The fourth-order valence-electron chi connectivity index (χ4n) is 10.2. The van der Waals surface area contributed by atoms with Gasteiger partial charge in [0.15, 0.2) is 23.3 Å². The molecule has 71 heavy (non-hydrogen) atoms. The molecule has 0 amide bonds. The van der Waals surface area contributed by atoms with E-state index < -0.39 is 34.6 Å². The zero-order valence-electron chi connectivity index (χ0n) is 39.6. The number of hydrogen-bond acceptors (Lipinski definition) is 16. The third kappa shape index (κ3) is 11.4. The molecule has 0 aliphatic carbocycles. The minimum atomic E-state index is -0.615. The van der Waals surface area contributed by atoms with E-state index in [0.29, 0.717) is 26.7 Å². The van der Waals surface area contributed by atoms with E-state index in [4.69, 9.17) is 17.3 Å². The first-order valence-electron chi connectivity index (χ1n) is 22.8. The molecule has 2 aromatic carbocycles. The van der Waals surface area contributed by atoms with Crippen molar-refractivity contribution in [2.24, 2.45) is 14.1 Å². The molecule has 4 fully saturated rings. The van der Waals surface area contributed by atoms with Gasteiger partial charge in [0.25, 0.3) is 0 Å². The number of nitrogens with zero attached hydrogens (tertiary/aromatic N) is 14. The van der Waals surface area contributed by atoms with E-state index in [1.165, 1.54) is 64.2 Å². The van der Waals surface area contributed by atoms with Gasteiger partial charge in [-0.1, -0.05) is 0 Å². The van der Waals surface area contributed by atoms with Gasteiger partial charge < -0.3 is 21.7 Å². The standard InChI is InChI=1S/C22H26BrF2N9O.C14H20ClFN4.C8H7BrFN5O/c1-22(2)10-12(7-13-5-4-6-33(13)22)27-19-16(25)11-26-20(29-19)28-17-9-18(14(23)8-15(17)24)34-21(35)32(3)30-31-34;1-14(2)7-9(6-10-4-3-5-20(10)14)18-12-11(16)8-17-13(15)19-12;1-14-8(16)15(13-12-14)7-3-6(11)5(10)2-4(7)9/h8-9,11-13H,4-7,10H2,1-3H3,(H2,26,27,28,29);8-10H,3-7H2,1-2H3,(H,17,18,19);2-3H,11H2,1H3/t12-,13+;9-,10+;/m11./s1. The predicted octanol–water partition coefficient (Wildman–Crippen LogP) is 6.89. The van der Waals surface area contributed by atoms with Gasteiger partial charge in [0.2, 0.25) is 11.2 Å². The van der Waals surface area contributed by atoms with Gasteiger partial charge in [0.05, 0.1) is 35.1 Å². The third-order valence-electron chi connectivity index (χ3n) is 13.3. The molecule has 0 saturated carbocycles. The normalized spacial score (nSPS) is 21.3. The molecule has 4 saturated heterocycles. The highest BCUT2D eigenvalue weighted by Crippen LogP contribution is 2.40. The van der Waals surface area contributed by atoms with Crippen LogP contribution in [-0.4, -0.2) is 118 Å². The van der Waals surface area contributed by atoms with Crippen LogP contribution in [0, 0.1) is 23.3 Å². The third-order valence-corrected chi connectivity index (χ3v) is 14.8. The van der Waals surface area contributed by atoms with Crippen LogP contribution in [0.5, 0.6) is 0 Å². The number of nitrogens with one attached hydrogen (secondary N) is 3. The SMILES string of the molecule is CC1(C)C[C@H](Nc2nc(Cl)ncc2F)C[C@@H]2CCCN21.Cn1nnn(-c2cc(N)c(F)cc2Br)c1=O.Cn1nnn(-c2cc(Nc3ncc(F)c(N[C@@H]4C[C@@H]5CCCN5C(C)(C)C4)n3)c(F)cc2Br)c1=O. The Labute approximate surface area is 427 Å². The Morgan fingerprint density at radius 2 is 1.15 bits per heavy atom. The van der Waals surface area contributed by atoms with E-state index in [2.05, 4.69) is 126 Å². The van der Waals surface area contributed by atoms with Crippen LogP contribution in [-0.2, 0) is 14.1 Å². The second-order valence-corrected chi connectivity index (χ2v) is 21.3. The summed E-state index contributed by atoms with van der Waals surface area (Å²) in [4.78, 5) is 44.8. The molecule has 6 aromatic rings. The minimum absolute atomic E-state index is 0.00120. The molecule has 20 nitrogen and oxygen atoms in total. The number of halogens is 7. The Morgan fingerprint density at radius 1 is 0.676 bits per heavy atom. The first-order valence-corrected chi connectivity index (χ1v) is 24.8. The number of rotatable bonds is 8. The number of aryl methyl sites for hydroxylation is 2. The maximum Gasteiger partial charge on any atom is 0.368 e. The molecule has 4 aliphatic rings. The quantitative estimate of drug-likeness (QED) is 0.0691. The van der Waals surface area contributed by atoms with Gasteiger partial charge in [-0.2, -0.15) is 28.7 Å². The van der Waals surface area contributed by atoms with Crippen LogP contribution in [0.2, 0.25) is 5.28 Å². The number of benzene rings is 2. The molecular weight excluding hydrogens is 1080 g/mol. The molecule has 0 unspecified atom stereocenters. The Hall–Kier alpha value is -5.57. The van der Waals surface area contributed by atoms with Gasteiger partial charge in [-0.3, -0.25) is 9.80 Å². The second kappa shape index (κ2) is 20.9. The van der Waals surface area contributed by atoms with E-state index in [1.54, 1.807) is 0 Å². The van der Waals surface area contributed by atoms with Crippen LogP contribution in [0.3, 0.4) is 0 Å². The van der Waals surface area contributed by atoms with Crippen LogP contribution in [0.1, 0.15) is 79.1 Å². The van der Waals surface area contributed by atoms with E-state index >= 15 is 0 Å². The molecule has 27 heteroatoms. The molecule has 4 aliphatic heterocycles. The lowest BCUT2D eigenvalue weighted by Gasteiger charge is -2.47. The molecule has 0 bridgehead atoms. The average Bonchev–Trinajstić information content (AvgIpc) is 4.12. The topological polar surface area (TPSA) is 226 Å². The van der Waals surface area contributed by atoms with Crippen LogP contribution in [0.4, 0.5) is 46.5 Å². The molecule has 4 atom stereocenters. The summed E-state index contributed by atoms with van der Waals surface area (Å²) >= 11 is 12.1. The van der Waals surface area contributed by atoms with Crippen molar-refractivity contribution in [1.29, 1.82) is 0 Å². The maximum atomic E-state index is 14.7. The molecule has 5 N–H and O–H groups in total. The lowest BCUT2D eigenvalue weighted by atomic mass is 9.84. The molecule has 0 radical (unpaired) electrons. The summed E-state index contributed by atoms with van der Waals surface area (Å²) in [6.07, 6.45) is 10.8. The fourth-order valence-corrected chi connectivity index (χ4v) is 11.3. The highest BCUT2D eigenvalue weighted by atomic mass is 79.9. The zero-order valence-corrected chi connectivity index (χ0v) is 43.6. The van der Waals surface area contributed by atoms with Gasteiger partial charge in [0, 0.05) is 58.3 Å². The van der Waals surface area contributed by atoms with Gasteiger partial charge in [-0.15, -0.1) is 0 Å². The molecule has 0 spiro atoms. The molecule has 8 heterocycles. The van der Waals surface area contributed by atoms with Crippen molar-refractivity contribution in [3.8, 4) is 11.4 Å².